The van der Waals surface area contributed by atoms with Crippen LogP contribution in [0.4, 0.5) is 0 Å². The van der Waals surface area contributed by atoms with Crippen molar-refractivity contribution in [1.29, 1.82) is 0 Å². The lowest BCUT2D eigenvalue weighted by atomic mass is 10.2. The average Bonchev–Trinajstić information content (AvgIpc) is 3.09. The number of nitrogens with one attached hydrogen (secondary N) is 2. The topological polar surface area (TPSA) is 42.5 Å². The summed E-state index contributed by atoms with van der Waals surface area (Å²) in [7, 11) is 0. The fourth-order valence-corrected chi connectivity index (χ4v) is 2.09. The number of hydrogen-bond donors (Lipinski definition) is 2. The molecule has 0 bridgehead atoms. The first kappa shape index (κ1) is 11.8. The molecule has 0 atom stereocenters. The van der Waals surface area contributed by atoms with Crippen LogP contribution in [0.15, 0.2) is 18.2 Å². The summed E-state index contributed by atoms with van der Waals surface area (Å²) in [6, 6.07) is 6.94. The molecule has 1 heterocycles. The van der Waals surface area contributed by atoms with E-state index in [1.54, 1.807) is 0 Å². The van der Waals surface area contributed by atoms with Gasteiger partial charge in [-0.1, -0.05) is 6.07 Å². The minimum atomic E-state index is 0.346. The first-order chi connectivity index (χ1) is 8.92. The molecule has 1 saturated carbocycles. The molecular formula is C14H20N2O2. The van der Waals surface area contributed by atoms with Gasteiger partial charge in [0, 0.05) is 12.6 Å². The van der Waals surface area contributed by atoms with E-state index in [9.17, 15) is 0 Å². The molecule has 3 rings (SSSR count). The number of rotatable bonds is 7. The Morgan fingerprint density at radius 1 is 1.11 bits per heavy atom. The molecule has 0 spiro atoms. The van der Waals surface area contributed by atoms with Crippen LogP contribution < -0.4 is 20.1 Å². The fraction of sp³-hybridized carbons (Fsp3) is 0.571. The molecule has 1 aromatic rings. The van der Waals surface area contributed by atoms with Crippen LogP contribution in [0.25, 0.3) is 0 Å². The Kier molecular flexibility index (Phi) is 3.67. The third kappa shape index (κ3) is 3.15. The molecule has 18 heavy (non-hydrogen) atoms. The van der Waals surface area contributed by atoms with Crippen molar-refractivity contribution in [2.24, 2.45) is 0 Å². The minimum Gasteiger partial charge on any atom is -0.454 e. The summed E-state index contributed by atoms with van der Waals surface area (Å²) in [6.07, 6.45) is 3.91. The van der Waals surface area contributed by atoms with Crippen LogP contribution >= 0.6 is 0 Å². The molecule has 4 nitrogen and oxygen atoms in total. The molecule has 1 aliphatic carbocycles. The van der Waals surface area contributed by atoms with Gasteiger partial charge in [-0.05, 0) is 50.0 Å². The van der Waals surface area contributed by atoms with Gasteiger partial charge in [0.15, 0.2) is 11.5 Å². The Morgan fingerprint density at radius 3 is 2.89 bits per heavy atom. The van der Waals surface area contributed by atoms with Crippen molar-refractivity contribution in [3.8, 4) is 11.5 Å². The maximum absolute atomic E-state index is 5.36. The largest absolute Gasteiger partial charge is 0.454 e. The van der Waals surface area contributed by atoms with E-state index < -0.39 is 0 Å². The van der Waals surface area contributed by atoms with Crippen molar-refractivity contribution < 1.29 is 9.47 Å². The number of ether oxygens (including phenoxy) is 2. The van der Waals surface area contributed by atoms with Crippen LogP contribution in [-0.4, -0.2) is 25.9 Å². The Morgan fingerprint density at radius 2 is 2.00 bits per heavy atom. The van der Waals surface area contributed by atoms with E-state index in [0.29, 0.717) is 6.79 Å². The van der Waals surface area contributed by atoms with Crippen LogP contribution in [0, 0.1) is 0 Å². The second-order valence-corrected chi connectivity index (χ2v) is 4.95. The van der Waals surface area contributed by atoms with E-state index in [2.05, 4.69) is 22.8 Å². The molecule has 98 valence electrons. The number of fused-ring (bicyclic) bond motifs is 1. The van der Waals surface area contributed by atoms with Crippen LogP contribution in [0.3, 0.4) is 0 Å². The van der Waals surface area contributed by atoms with Gasteiger partial charge in [0.1, 0.15) is 0 Å². The summed E-state index contributed by atoms with van der Waals surface area (Å²) in [5.41, 5.74) is 1.24. The lowest BCUT2D eigenvalue weighted by Crippen LogP contribution is -2.23. The van der Waals surface area contributed by atoms with Crippen molar-refractivity contribution in [2.75, 3.05) is 19.9 Å². The Balaban J connectivity index is 1.34. The normalized spacial score (nSPS) is 17.1. The summed E-state index contributed by atoms with van der Waals surface area (Å²) in [4.78, 5) is 0. The maximum Gasteiger partial charge on any atom is 0.231 e. The fourth-order valence-electron chi connectivity index (χ4n) is 2.09. The highest BCUT2D eigenvalue weighted by molar-refractivity contribution is 5.44. The van der Waals surface area contributed by atoms with Gasteiger partial charge in [0.25, 0.3) is 0 Å². The molecule has 0 unspecified atom stereocenters. The maximum atomic E-state index is 5.36. The smallest absolute Gasteiger partial charge is 0.231 e. The van der Waals surface area contributed by atoms with Gasteiger partial charge >= 0.3 is 0 Å². The van der Waals surface area contributed by atoms with Gasteiger partial charge in [-0.25, -0.2) is 0 Å². The summed E-state index contributed by atoms with van der Waals surface area (Å²) >= 11 is 0. The van der Waals surface area contributed by atoms with Crippen LogP contribution in [0.1, 0.15) is 24.8 Å². The first-order valence-electron chi connectivity index (χ1n) is 6.74. The highest BCUT2D eigenvalue weighted by Gasteiger charge is 2.19. The van der Waals surface area contributed by atoms with E-state index in [0.717, 1.165) is 37.2 Å². The highest BCUT2D eigenvalue weighted by Crippen LogP contribution is 2.32. The summed E-state index contributed by atoms with van der Waals surface area (Å²) in [5, 5.41) is 6.96. The molecule has 1 fully saturated rings. The summed E-state index contributed by atoms with van der Waals surface area (Å²) in [6.45, 7) is 3.41. The van der Waals surface area contributed by atoms with Crippen LogP contribution in [0.2, 0.25) is 0 Å². The molecule has 1 aliphatic heterocycles. The Hall–Kier alpha value is -1.26. The lowest BCUT2D eigenvalue weighted by Gasteiger charge is -2.06. The predicted molar refractivity (Wildman–Crippen MR) is 69.9 cm³/mol. The molecule has 2 N–H and O–H groups in total. The molecule has 2 aliphatic rings. The quantitative estimate of drug-likeness (QED) is 0.720. The zero-order valence-corrected chi connectivity index (χ0v) is 10.6. The van der Waals surface area contributed by atoms with Crippen molar-refractivity contribution in [3.63, 3.8) is 0 Å². The predicted octanol–water partition coefficient (Wildman–Crippen LogP) is 1.65. The van der Waals surface area contributed by atoms with Crippen LogP contribution in [-0.2, 0) is 6.54 Å². The highest BCUT2D eigenvalue weighted by atomic mass is 16.7. The Bertz CT molecular complexity index is 405. The van der Waals surface area contributed by atoms with Gasteiger partial charge in [0.05, 0.1) is 0 Å². The van der Waals surface area contributed by atoms with Crippen molar-refractivity contribution in [2.45, 2.75) is 31.8 Å². The third-order valence-electron chi connectivity index (χ3n) is 3.31. The minimum absolute atomic E-state index is 0.346. The van der Waals surface area contributed by atoms with E-state index in [1.165, 1.54) is 24.8 Å². The first-order valence-corrected chi connectivity index (χ1v) is 6.74. The molecule has 0 aromatic heterocycles. The van der Waals surface area contributed by atoms with Crippen molar-refractivity contribution in [1.82, 2.24) is 10.6 Å². The van der Waals surface area contributed by atoms with Crippen molar-refractivity contribution >= 4 is 0 Å². The van der Waals surface area contributed by atoms with E-state index in [4.69, 9.17) is 9.47 Å². The third-order valence-corrected chi connectivity index (χ3v) is 3.31. The lowest BCUT2D eigenvalue weighted by molar-refractivity contribution is 0.174. The monoisotopic (exact) mass is 248 g/mol. The second kappa shape index (κ2) is 5.59. The van der Waals surface area contributed by atoms with Gasteiger partial charge in [-0.15, -0.1) is 0 Å². The number of benzene rings is 1. The van der Waals surface area contributed by atoms with Gasteiger partial charge < -0.3 is 20.1 Å². The van der Waals surface area contributed by atoms with Crippen LogP contribution in [0.5, 0.6) is 11.5 Å². The molecule has 0 saturated heterocycles. The van der Waals surface area contributed by atoms with Gasteiger partial charge in [-0.2, -0.15) is 0 Å². The van der Waals surface area contributed by atoms with E-state index in [1.807, 2.05) is 6.07 Å². The molecule has 0 amide bonds. The molecule has 4 heteroatoms. The summed E-state index contributed by atoms with van der Waals surface area (Å²) in [5.74, 6) is 1.72. The number of hydrogen-bond acceptors (Lipinski definition) is 4. The van der Waals surface area contributed by atoms with Gasteiger partial charge in [0.2, 0.25) is 6.79 Å². The van der Waals surface area contributed by atoms with Gasteiger partial charge in [-0.3, -0.25) is 0 Å². The zero-order chi connectivity index (χ0) is 12.2. The molecule has 0 radical (unpaired) electrons. The summed E-state index contributed by atoms with van der Waals surface area (Å²) < 4.78 is 10.6. The van der Waals surface area contributed by atoms with Crippen molar-refractivity contribution in [3.05, 3.63) is 23.8 Å². The Labute approximate surface area is 108 Å². The average molecular weight is 248 g/mol. The molecule has 1 aromatic carbocycles. The second-order valence-electron chi connectivity index (χ2n) is 4.95. The SMILES string of the molecule is c1cc2c(cc1CNCCCNC1CC1)OCO2. The zero-order valence-electron chi connectivity index (χ0n) is 10.6. The van der Waals surface area contributed by atoms with E-state index >= 15 is 0 Å². The standard InChI is InChI=1S/C14H20N2O2/c1(7-16-12-3-4-12)6-15-9-11-2-5-13-14(8-11)18-10-17-13/h2,5,8,12,15-16H,1,3-4,6-7,9-10H2. The molecular weight excluding hydrogens is 228 g/mol. The van der Waals surface area contributed by atoms with E-state index in [-0.39, 0.29) is 0 Å².